The van der Waals surface area contributed by atoms with Crippen molar-refractivity contribution in [3.8, 4) is 11.1 Å². The molecule has 2 heterocycles. The third kappa shape index (κ3) is 4.49. The van der Waals surface area contributed by atoms with Crippen molar-refractivity contribution >= 4 is 92.7 Å². The quantitative estimate of drug-likeness (QED) is 0.176. The van der Waals surface area contributed by atoms with E-state index in [-0.39, 0.29) is 0 Å². The Morgan fingerprint density at radius 2 is 0.931 bits per heavy atom. The van der Waals surface area contributed by atoms with Crippen LogP contribution >= 0.6 is 23.1 Å². The Morgan fingerprint density at radius 1 is 0.345 bits per heavy atom. The summed E-state index contributed by atoms with van der Waals surface area (Å²) in [4.78, 5) is 5.08. The van der Waals surface area contributed by atoms with Crippen LogP contribution in [0.15, 0.2) is 210 Å². The molecule has 1 aliphatic heterocycles. The first-order chi connectivity index (χ1) is 28.7. The minimum Gasteiger partial charge on any atom is -0.310 e. The predicted molar refractivity (Wildman–Crippen MR) is 248 cm³/mol. The average molecular weight is 772 g/mol. The molecule has 1 atom stereocenters. The van der Waals surface area contributed by atoms with Gasteiger partial charge >= 0.3 is 0 Å². The van der Waals surface area contributed by atoms with Gasteiger partial charge in [-0.1, -0.05) is 151 Å². The summed E-state index contributed by atoms with van der Waals surface area (Å²) >= 11 is 3.78. The molecule has 270 valence electrons. The molecule has 1 unspecified atom stereocenters. The molecule has 2 aliphatic rings. The molecule has 13 rings (SSSR count). The lowest BCUT2D eigenvalue weighted by Gasteiger charge is -2.46. The van der Waals surface area contributed by atoms with Gasteiger partial charge in [-0.05, 0) is 126 Å². The summed E-state index contributed by atoms with van der Waals surface area (Å²) in [6.45, 7) is 0. The van der Waals surface area contributed by atoms with E-state index in [1.807, 2.05) is 23.1 Å². The Labute approximate surface area is 344 Å². The number of thiophene rings is 1. The standard InChI is InChI=1S/C55H33NS2/c1-2-12-36-29-39(24-23-34(36)11-1)56(41-25-27-43-45-30-37-13-3-4-14-38(37)31-52(45)58-53(43)33-41)40-26-28-51-49(32-40)55(47-20-7-8-22-50(47)57-51)46-19-6-5-17-42(46)44-18-9-15-35-16-10-21-48(55)54(35)44/h1-33H. The Bertz CT molecular complexity index is 3520. The lowest BCUT2D eigenvalue weighted by atomic mass is 9.59. The van der Waals surface area contributed by atoms with E-state index in [0.717, 1.165) is 17.1 Å². The van der Waals surface area contributed by atoms with Crippen LogP contribution in [-0.4, -0.2) is 0 Å². The molecule has 0 amide bonds. The van der Waals surface area contributed by atoms with Crippen LogP contribution < -0.4 is 4.90 Å². The topological polar surface area (TPSA) is 3.24 Å². The second kappa shape index (κ2) is 12.2. The molecule has 1 nitrogen and oxygen atoms in total. The minimum absolute atomic E-state index is 0.524. The van der Waals surface area contributed by atoms with Crippen LogP contribution in [0.3, 0.4) is 0 Å². The molecular weight excluding hydrogens is 739 g/mol. The maximum absolute atomic E-state index is 2.51. The van der Waals surface area contributed by atoms with Crippen LogP contribution in [0.1, 0.15) is 22.3 Å². The normalized spacial score (nSPS) is 15.2. The zero-order valence-electron chi connectivity index (χ0n) is 31.3. The van der Waals surface area contributed by atoms with Gasteiger partial charge in [-0.15, -0.1) is 11.3 Å². The molecular formula is C55H33NS2. The number of fused-ring (bicyclic) bond motifs is 13. The van der Waals surface area contributed by atoms with Crippen LogP contribution in [0.5, 0.6) is 0 Å². The van der Waals surface area contributed by atoms with Gasteiger partial charge < -0.3 is 4.90 Å². The van der Waals surface area contributed by atoms with Crippen molar-refractivity contribution in [3.05, 3.63) is 222 Å². The van der Waals surface area contributed by atoms with Gasteiger partial charge in [-0.25, -0.2) is 0 Å². The molecule has 1 aliphatic carbocycles. The van der Waals surface area contributed by atoms with E-state index in [2.05, 4.69) is 205 Å². The highest BCUT2D eigenvalue weighted by atomic mass is 32.2. The number of hydrogen-bond donors (Lipinski definition) is 0. The molecule has 1 spiro atoms. The summed E-state index contributed by atoms with van der Waals surface area (Å²) in [5.74, 6) is 0. The third-order valence-corrected chi connectivity index (χ3v) is 14.9. The third-order valence-electron chi connectivity index (χ3n) is 12.6. The Morgan fingerprint density at radius 3 is 1.81 bits per heavy atom. The van der Waals surface area contributed by atoms with Crippen molar-refractivity contribution in [2.75, 3.05) is 4.90 Å². The van der Waals surface area contributed by atoms with Gasteiger partial charge in [0.1, 0.15) is 0 Å². The fourth-order valence-corrected chi connectivity index (χ4v) is 12.5. The van der Waals surface area contributed by atoms with Crippen LogP contribution in [-0.2, 0) is 5.41 Å². The number of nitrogens with zero attached hydrogens (tertiary/aromatic N) is 1. The van der Waals surface area contributed by atoms with E-state index < -0.39 is 5.41 Å². The van der Waals surface area contributed by atoms with Gasteiger partial charge in [0, 0.05) is 47.0 Å². The van der Waals surface area contributed by atoms with Crippen LogP contribution in [0.2, 0.25) is 0 Å². The van der Waals surface area contributed by atoms with Gasteiger partial charge in [0.25, 0.3) is 0 Å². The van der Waals surface area contributed by atoms with E-state index in [9.17, 15) is 0 Å². The first kappa shape index (κ1) is 32.4. The summed E-state index contributed by atoms with van der Waals surface area (Å²) in [5, 5.41) is 10.3. The molecule has 0 radical (unpaired) electrons. The zero-order chi connectivity index (χ0) is 38.0. The second-order valence-electron chi connectivity index (χ2n) is 15.6. The molecule has 0 saturated carbocycles. The van der Waals surface area contributed by atoms with Crippen molar-refractivity contribution in [1.29, 1.82) is 0 Å². The number of benzene rings is 10. The van der Waals surface area contributed by atoms with E-state index in [1.54, 1.807) is 0 Å². The van der Waals surface area contributed by atoms with Crippen molar-refractivity contribution in [2.24, 2.45) is 0 Å². The molecule has 0 saturated heterocycles. The molecule has 3 heteroatoms. The van der Waals surface area contributed by atoms with Crippen LogP contribution in [0, 0.1) is 0 Å². The van der Waals surface area contributed by atoms with E-state index in [1.165, 1.54) is 95.7 Å². The number of hydrogen-bond acceptors (Lipinski definition) is 3. The monoisotopic (exact) mass is 771 g/mol. The molecule has 11 aromatic rings. The Balaban J connectivity index is 1.10. The Kier molecular flexibility index (Phi) is 6.81. The molecule has 0 fully saturated rings. The van der Waals surface area contributed by atoms with Crippen LogP contribution in [0.4, 0.5) is 17.1 Å². The van der Waals surface area contributed by atoms with E-state index in [0.29, 0.717) is 0 Å². The van der Waals surface area contributed by atoms with Crippen molar-refractivity contribution in [3.63, 3.8) is 0 Å². The molecule has 10 aromatic carbocycles. The van der Waals surface area contributed by atoms with Gasteiger partial charge in [-0.2, -0.15) is 0 Å². The maximum Gasteiger partial charge on any atom is 0.0736 e. The van der Waals surface area contributed by atoms with E-state index in [4.69, 9.17) is 0 Å². The molecule has 58 heavy (non-hydrogen) atoms. The Hall–Kier alpha value is -6.65. The van der Waals surface area contributed by atoms with Crippen molar-refractivity contribution in [1.82, 2.24) is 0 Å². The highest BCUT2D eigenvalue weighted by Gasteiger charge is 2.48. The maximum atomic E-state index is 2.51. The lowest BCUT2D eigenvalue weighted by molar-refractivity contribution is 0.707. The molecule has 0 bridgehead atoms. The SMILES string of the molecule is c1ccc2c(c1)Sc1ccc(N(c3ccc4ccccc4c3)c3ccc4c(c3)sc3cc5ccccc5cc34)cc1C21c2ccccc2-c2cccc3cccc1c23. The first-order valence-corrected chi connectivity index (χ1v) is 21.5. The summed E-state index contributed by atoms with van der Waals surface area (Å²) in [5.41, 5.74) is 10.9. The fourth-order valence-electron chi connectivity index (χ4n) is 10.2. The summed E-state index contributed by atoms with van der Waals surface area (Å²) in [6, 6.07) is 75.3. The highest BCUT2D eigenvalue weighted by molar-refractivity contribution is 7.99. The summed E-state index contributed by atoms with van der Waals surface area (Å²) in [6.07, 6.45) is 0. The molecule has 1 aromatic heterocycles. The average Bonchev–Trinajstić information content (AvgIpc) is 3.63. The van der Waals surface area contributed by atoms with Gasteiger partial charge in [0.05, 0.1) is 5.41 Å². The van der Waals surface area contributed by atoms with Crippen molar-refractivity contribution < 1.29 is 0 Å². The zero-order valence-corrected chi connectivity index (χ0v) is 32.9. The largest absolute Gasteiger partial charge is 0.310 e. The minimum atomic E-state index is -0.524. The highest BCUT2D eigenvalue weighted by Crippen LogP contribution is 2.62. The fraction of sp³-hybridized carbons (Fsp3) is 0.0182. The molecule has 0 N–H and O–H groups in total. The number of anilines is 3. The van der Waals surface area contributed by atoms with Gasteiger partial charge in [0.2, 0.25) is 0 Å². The smallest absolute Gasteiger partial charge is 0.0736 e. The second-order valence-corrected chi connectivity index (χ2v) is 17.8. The number of rotatable bonds is 3. The van der Waals surface area contributed by atoms with Gasteiger partial charge in [-0.3, -0.25) is 0 Å². The van der Waals surface area contributed by atoms with Crippen LogP contribution in [0.25, 0.3) is 63.6 Å². The van der Waals surface area contributed by atoms with Crippen molar-refractivity contribution in [2.45, 2.75) is 15.2 Å². The lowest BCUT2D eigenvalue weighted by Crippen LogP contribution is -2.36. The first-order valence-electron chi connectivity index (χ1n) is 19.9. The summed E-state index contributed by atoms with van der Waals surface area (Å²) in [7, 11) is 0. The predicted octanol–water partition coefficient (Wildman–Crippen LogP) is 15.8. The summed E-state index contributed by atoms with van der Waals surface area (Å²) < 4.78 is 2.61. The van der Waals surface area contributed by atoms with E-state index >= 15 is 0 Å². The van der Waals surface area contributed by atoms with Gasteiger partial charge in [0.15, 0.2) is 0 Å².